The number of allylic oxidation sites excluding steroid dienone is 1. The molecule has 15 heavy (non-hydrogen) atoms. The summed E-state index contributed by atoms with van der Waals surface area (Å²) < 4.78 is 10.2. The molecule has 0 saturated heterocycles. The number of carbonyl (C=O) groups excluding carboxylic acids is 1. The Morgan fingerprint density at radius 3 is 2.80 bits per heavy atom. The molecule has 0 unspecified atom stereocenters. The third kappa shape index (κ3) is 3.11. The van der Waals surface area contributed by atoms with Crippen LogP contribution in [-0.4, -0.2) is 19.2 Å². The Morgan fingerprint density at radius 2 is 2.33 bits per heavy atom. The summed E-state index contributed by atoms with van der Waals surface area (Å²) in [5.41, 5.74) is 1.24. The smallest absolute Gasteiger partial charge is 0.373 e. The van der Waals surface area contributed by atoms with E-state index in [4.69, 9.17) is 9.47 Å². The maximum Gasteiger partial charge on any atom is 0.373 e. The Labute approximate surface area is 90.8 Å². The third-order valence-electron chi connectivity index (χ3n) is 2.40. The molecule has 1 aliphatic heterocycles. The number of rotatable bonds is 3. The Hall–Kier alpha value is -1.25. The first kappa shape index (κ1) is 11.8. The summed E-state index contributed by atoms with van der Waals surface area (Å²) in [6.07, 6.45) is 4.57. The highest BCUT2D eigenvalue weighted by Gasteiger charge is 2.26. The predicted molar refractivity (Wildman–Crippen MR) is 58.2 cm³/mol. The van der Waals surface area contributed by atoms with Crippen molar-refractivity contribution in [1.29, 1.82) is 0 Å². The van der Waals surface area contributed by atoms with Crippen molar-refractivity contribution in [2.45, 2.75) is 33.3 Å². The molecule has 84 valence electrons. The zero-order chi connectivity index (χ0) is 11.4. The van der Waals surface area contributed by atoms with E-state index in [0.717, 1.165) is 6.42 Å². The molecule has 0 aromatic heterocycles. The van der Waals surface area contributed by atoms with E-state index in [0.29, 0.717) is 5.76 Å². The number of hydrogen-bond donors (Lipinski definition) is 0. The fourth-order valence-corrected chi connectivity index (χ4v) is 1.67. The zero-order valence-electron chi connectivity index (χ0n) is 9.74. The lowest BCUT2D eigenvalue weighted by Gasteiger charge is -2.25. The maximum atomic E-state index is 11.4. The molecule has 0 radical (unpaired) electrons. The van der Waals surface area contributed by atoms with E-state index in [9.17, 15) is 4.79 Å². The van der Waals surface area contributed by atoms with E-state index in [1.165, 1.54) is 12.7 Å². The van der Waals surface area contributed by atoms with Gasteiger partial charge in [-0.1, -0.05) is 18.6 Å². The molecule has 0 spiro atoms. The molecule has 3 heteroatoms. The Balaban J connectivity index is 2.66. The normalized spacial score (nSPS) is 22.5. The number of hydrogen-bond acceptors (Lipinski definition) is 3. The van der Waals surface area contributed by atoms with Crippen molar-refractivity contribution < 1.29 is 14.3 Å². The highest BCUT2D eigenvalue weighted by atomic mass is 16.6. The van der Waals surface area contributed by atoms with Gasteiger partial charge in [0.25, 0.3) is 0 Å². The molecule has 0 saturated carbocycles. The first-order valence-corrected chi connectivity index (χ1v) is 5.14. The van der Waals surface area contributed by atoms with Crippen LogP contribution in [0.3, 0.4) is 0 Å². The van der Waals surface area contributed by atoms with Crippen LogP contribution in [0.1, 0.15) is 27.2 Å². The highest BCUT2D eigenvalue weighted by Crippen LogP contribution is 2.22. The van der Waals surface area contributed by atoms with E-state index >= 15 is 0 Å². The SMILES string of the molecule is COC1=CC[C@@H]([C@@H](C)C=C(C)C)OC1=O. The van der Waals surface area contributed by atoms with Crippen molar-refractivity contribution in [3.8, 4) is 0 Å². The lowest BCUT2D eigenvalue weighted by Crippen LogP contribution is -2.29. The van der Waals surface area contributed by atoms with E-state index in [1.54, 1.807) is 6.08 Å². The van der Waals surface area contributed by atoms with Gasteiger partial charge in [0.1, 0.15) is 6.10 Å². The van der Waals surface area contributed by atoms with Crippen molar-refractivity contribution in [2.75, 3.05) is 7.11 Å². The monoisotopic (exact) mass is 210 g/mol. The van der Waals surface area contributed by atoms with Gasteiger partial charge < -0.3 is 9.47 Å². The minimum atomic E-state index is -0.359. The summed E-state index contributed by atoms with van der Waals surface area (Å²) in [5.74, 6) is 0.201. The number of carbonyl (C=O) groups is 1. The van der Waals surface area contributed by atoms with Gasteiger partial charge in [0, 0.05) is 12.3 Å². The summed E-state index contributed by atoms with van der Waals surface area (Å²) >= 11 is 0. The van der Waals surface area contributed by atoms with E-state index in [2.05, 4.69) is 13.0 Å². The van der Waals surface area contributed by atoms with E-state index in [1.807, 2.05) is 13.8 Å². The van der Waals surface area contributed by atoms with Gasteiger partial charge in [0.05, 0.1) is 7.11 Å². The molecule has 3 nitrogen and oxygen atoms in total. The number of methoxy groups -OCH3 is 1. The van der Waals surface area contributed by atoms with Gasteiger partial charge in [-0.15, -0.1) is 0 Å². The quantitative estimate of drug-likeness (QED) is 0.530. The fourth-order valence-electron chi connectivity index (χ4n) is 1.67. The van der Waals surface area contributed by atoms with Crippen LogP contribution in [0, 0.1) is 5.92 Å². The second kappa shape index (κ2) is 5.01. The van der Waals surface area contributed by atoms with Crippen LogP contribution in [0.4, 0.5) is 0 Å². The lowest BCUT2D eigenvalue weighted by molar-refractivity contribution is -0.151. The van der Waals surface area contributed by atoms with Crippen LogP contribution < -0.4 is 0 Å². The second-order valence-electron chi connectivity index (χ2n) is 4.06. The molecule has 0 bridgehead atoms. The van der Waals surface area contributed by atoms with Crippen molar-refractivity contribution in [2.24, 2.45) is 5.92 Å². The lowest BCUT2D eigenvalue weighted by atomic mass is 9.98. The first-order chi connectivity index (χ1) is 7.04. The van der Waals surface area contributed by atoms with Crippen LogP contribution in [0.2, 0.25) is 0 Å². The fraction of sp³-hybridized carbons (Fsp3) is 0.583. The minimum absolute atomic E-state index is 0.0636. The molecular weight excluding hydrogens is 192 g/mol. The number of cyclic esters (lactones) is 1. The Kier molecular flexibility index (Phi) is 3.95. The standard InChI is InChI=1S/C12H18O3/c1-8(2)7-9(3)10-5-6-11(14-4)12(13)15-10/h6-7,9-10H,5H2,1-4H3/t9-,10-/m0/s1. The topological polar surface area (TPSA) is 35.5 Å². The average Bonchev–Trinajstić information content (AvgIpc) is 2.16. The maximum absolute atomic E-state index is 11.4. The molecule has 2 atom stereocenters. The van der Waals surface area contributed by atoms with Crippen LogP contribution in [0.5, 0.6) is 0 Å². The molecule has 0 amide bonds. The van der Waals surface area contributed by atoms with Crippen molar-refractivity contribution >= 4 is 5.97 Å². The summed E-state index contributed by atoms with van der Waals surface area (Å²) in [6, 6.07) is 0. The van der Waals surface area contributed by atoms with E-state index < -0.39 is 0 Å². The molecule has 0 N–H and O–H groups in total. The molecular formula is C12H18O3. The summed E-state index contributed by atoms with van der Waals surface area (Å²) in [7, 11) is 1.48. The van der Waals surface area contributed by atoms with Crippen LogP contribution >= 0.6 is 0 Å². The minimum Gasteiger partial charge on any atom is -0.490 e. The van der Waals surface area contributed by atoms with Gasteiger partial charge in [0.15, 0.2) is 5.76 Å². The molecule has 0 aliphatic carbocycles. The molecule has 0 aromatic carbocycles. The zero-order valence-corrected chi connectivity index (χ0v) is 9.74. The summed E-state index contributed by atoms with van der Waals surface area (Å²) in [4.78, 5) is 11.4. The van der Waals surface area contributed by atoms with Gasteiger partial charge in [-0.2, -0.15) is 0 Å². The Bertz CT molecular complexity index is 298. The number of ether oxygens (including phenoxy) is 2. The van der Waals surface area contributed by atoms with Crippen molar-refractivity contribution in [3.63, 3.8) is 0 Å². The van der Waals surface area contributed by atoms with Gasteiger partial charge in [-0.05, 0) is 19.9 Å². The van der Waals surface area contributed by atoms with Crippen LogP contribution in [-0.2, 0) is 14.3 Å². The first-order valence-electron chi connectivity index (χ1n) is 5.14. The van der Waals surface area contributed by atoms with Crippen LogP contribution in [0.15, 0.2) is 23.5 Å². The Morgan fingerprint density at radius 1 is 1.67 bits per heavy atom. The summed E-state index contributed by atoms with van der Waals surface area (Å²) in [6.45, 7) is 6.13. The molecule has 0 fully saturated rings. The average molecular weight is 210 g/mol. The molecule has 1 aliphatic rings. The molecule has 0 aromatic rings. The van der Waals surface area contributed by atoms with Crippen molar-refractivity contribution in [3.05, 3.63) is 23.5 Å². The van der Waals surface area contributed by atoms with Crippen molar-refractivity contribution in [1.82, 2.24) is 0 Å². The van der Waals surface area contributed by atoms with Gasteiger partial charge in [0.2, 0.25) is 0 Å². The second-order valence-corrected chi connectivity index (χ2v) is 4.06. The third-order valence-corrected chi connectivity index (χ3v) is 2.40. The van der Waals surface area contributed by atoms with Gasteiger partial charge >= 0.3 is 5.97 Å². The van der Waals surface area contributed by atoms with Gasteiger partial charge in [-0.25, -0.2) is 4.79 Å². The predicted octanol–water partition coefficient (Wildman–Crippen LogP) is 2.43. The number of esters is 1. The summed E-state index contributed by atoms with van der Waals surface area (Å²) in [5, 5.41) is 0. The molecule has 1 heterocycles. The highest BCUT2D eigenvalue weighted by molar-refractivity contribution is 5.87. The van der Waals surface area contributed by atoms with E-state index in [-0.39, 0.29) is 18.0 Å². The van der Waals surface area contributed by atoms with Crippen LogP contribution in [0.25, 0.3) is 0 Å². The largest absolute Gasteiger partial charge is 0.490 e. The molecule has 1 rings (SSSR count). The van der Waals surface area contributed by atoms with Gasteiger partial charge in [-0.3, -0.25) is 0 Å².